The van der Waals surface area contributed by atoms with Crippen LogP contribution in [0.4, 0.5) is 0 Å². The van der Waals surface area contributed by atoms with Crippen LogP contribution in [-0.2, 0) is 0 Å². The fraction of sp³-hybridized carbons (Fsp3) is 0.727. The van der Waals surface area contributed by atoms with Crippen LogP contribution in [0.5, 0.6) is 0 Å². The second-order valence-electron chi connectivity index (χ2n) is 4.68. The van der Waals surface area contributed by atoms with Gasteiger partial charge in [0.05, 0.1) is 0 Å². The van der Waals surface area contributed by atoms with Crippen LogP contribution in [-0.4, -0.2) is 33.6 Å². The van der Waals surface area contributed by atoms with Crippen molar-refractivity contribution in [1.82, 2.24) is 14.5 Å². The normalized spacial score (nSPS) is 31.7. The molecule has 0 aromatic carbocycles. The third-order valence-electron chi connectivity index (χ3n) is 3.86. The average Bonchev–Trinajstić information content (AvgIpc) is 2.84. The number of piperidine rings is 1. The van der Waals surface area contributed by atoms with Gasteiger partial charge in [0.1, 0.15) is 0 Å². The predicted octanol–water partition coefficient (Wildman–Crippen LogP) is 0.976. The van der Waals surface area contributed by atoms with Crippen LogP contribution in [0, 0.1) is 0 Å². The molecule has 0 aliphatic carbocycles. The molecule has 2 aliphatic heterocycles. The van der Waals surface area contributed by atoms with E-state index in [0.717, 1.165) is 25.4 Å². The van der Waals surface area contributed by atoms with Crippen molar-refractivity contribution < 1.29 is 0 Å². The minimum atomic E-state index is 0.0476. The Morgan fingerprint density at radius 1 is 1.27 bits per heavy atom. The highest BCUT2D eigenvalue weighted by molar-refractivity contribution is 4.91. The summed E-state index contributed by atoms with van der Waals surface area (Å²) in [4.78, 5) is 16.8. The number of hydrogen-bond donors (Lipinski definition) is 1. The molecule has 4 heteroatoms. The van der Waals surface area contributed by atoms with Gasteiger partial charge in [0, 0.05) is 31.0 Å². The van der Waals surface area contributed by atoms with Crippen molar-refractivity contribution in [2.24, 2.45) is 0 Å². The highest BCUT2D eigenvalue weighted by Crippen LogP contribution is 2.32. The SMILES string of the molecule is O=c1[nH]ccn1C1CCN2CCCC2C1. The first-order valence-corrected chi connectivity index (χ1v) is 5.84. The van der Waals surface area contributed by atoms with Crippen LogP contribution in [0.15, 0.2) is 17.2 Å². The lowest BCUT2D eigenvalue weighted by Crippen LogP contribution is -2.40. The molecule has 2 unspecified atom stereocenters. The third-order valence-corrected chi connectivity index (χ3v) is 3.86. The summed E-state index contributed by atoms with van der Waals surface area (Å²) in [7, 11) is 0. The average molecular weight is 207 g/mol. The number of rotatable bonds is 1. The van der Waals surface area contributed by atoms with Crippen molar-refractivity contribution in [2.75, 3.05) is 13.1 Å². The Kier molecular flexibility index (Phi) is 2.16. The monoisotopic (exact) mass is 207 g/mol. The van der Waals surface area contributed by atoms with Gasteiger partial charge in [-0.3, -0.25) is 4.57 Å². The molecule has 3 heterocycles. The van der Waals surface area contributed by atoms with Crippen molar-refractivity contribution >= 4 is 0 Å². The molecule has 3 rings (SSSR count). The topological polar surface area (TPSA) is 41.0 Å². The number of nitrogens with one attached hydrogen (secondary N) is 1. The molecule has 1 N–H and O–H groups in total. The lowest BCUT2D eigenvalue weighted by atomic mass is 9.97. The van der Waals surface area contributed by atoms with E-state index < -0.39 is 0 Å². The molecule has 0 saturated carbocycles. The first-order chi connectivity index (χ1) is 7.34. The van der Waals surface area contributed by atoms with Gasteiger partial charge in [-0.15, -0.1) is 0 Å². The van der Waals surface area contributed by atoms with Gasteiger partial charge in [-0.25, -0.2) is 4.79 Å². The van der Waals surface area contributed by atoms with Crippen molar-refractivity contribution in [2.45, 2.75) is 37.8 Å². The van der Waals surface area contributed by atoms with E-state index in [1.807, 2.05) is 10.8 Å². The zero-order valence-corrected chi connectivity index (χ0v) is 8.85. The fourth-order valence-corrected chi connectivity index (χ4v) is 3.07. The molecule has 4 nitrogen and oxygen atoms in total. The fourth-order valence-electron chi connectivity index (χ4n) is 3.07. The maximum Gasteiger partial charge on any atom is 0.325 e. The van der Waals surface area contributed by atoms with Gasteiger partial charge in [-0.05, 0) is 32.2 Å². The molecule has 0 spiro atoms. The summed E-state index contributed by atoms with van der Waals surface area (Å²) in [5.74, 6) is 0. The summed E-state index contributed by atoms with van der Waals surface area (Å²) in [5.41, 5.74) is 0.0476. The van der Waals surface area contributed by atoms with Gasteiger partial charge < -0.3 is 9.88 Å². The molecule has 2 aliphatic rings. The van der Waals surface area contributed by atoms with Gasteiger partial charge in [0.2, 0.25) is 0 Å². The van der Waals surface area contributed by atoms with Gasteiger partial charge in [0.25, 0.3) is 0 Å². The van der Waals surface area contributed by atoms with Crippen LogP contribution in [0.3, 0.4) is 0 Å². The summed E-state index contributed by atoms with van der Waals surface area (Å²) in [6.07, 6.45) is 8.54. The van der Waals surface area contributed by atoms with E-state index >= 15 is 0 Å². The molecular formula is C11H17N3O. The summed E-state index contributed by atoms with van der Waals surface area (Å²) >= 11 is 0. The second kappa shape index (κ2) is 3.52. The first-order valence-electron chi connectivity index (χ1n) is 5.84. The number of imidazole rings is 1. The highest BCUT2D eigenvalue weighted by atomic mass is 16.1. The van der Waals surface area contributed by atoms with Gasteiger partial charge in [-0.1, -0.05) is 0 Å². The van der Waals surface area contributed by atoms with Crippen molar-refractivity contribution in [3.05, 3.63) is 22.9 Å². The van der Waals surface area contributed by atoms with Crippen LogP contribution in [0.1, 0.15) is 31.7 Å². The summed E-state index contributed by atoms with van der Waals surface area (Å²) in [5, 5.41) is 0. The summed E-state index contributed by atoms with van der Waals surface area (Å²) in [6.45, 7) is 2.42. The lowest BCUT2D eigenvalue weighted by molar-refractivity contribution is 0.154. The third kappa shape index (κ3) is 1.53. The number of fused-ring (bicyclic) bond motifs is 1. The van der Waals surface area contributed by atoms with Gasteiger partial charge >= 0.3 is 5.69 Å². The zero-order chi connectivity index (χ0) is 10.3. The smallest absolute Gasteiger partial charge is 0.313 e. The number of aromatic nitrogens is 2. The quantitative estimate of drug-likeness (QED) is 0.745. The molecule has 2 atom stereocenters. The molecule has 82 valence electrons. The van der Waals surface area contributed by atoms with E-state index in [-0.39, 0.29) is 5.69 Å². The summed E-state index contributed by atoms with van der Waals surface area (Å²) in [6, 6.07) is 1.15. The number of hydrogen-bond acceptors (Lipinski definition) is 2. The van der Waals surface area contributed by atoms with Crippen molar-refractivity contribution in [1.29, 1.82) is 0 Å². The van der Waals surface area contributed by atoms with Crippen LogP contribution in [0.25, 0.3) is 0 Å². The Balaban J connectivity index is 1.79. The van der Waals surface area contributed by atoms with Crippen LogP contribution in [0.2, 0.25) is 0 Å². The van der Waals surface area contributed by atoms with E-state index in [2.05, 4.69) is 9.88 Å². The van der Waals surface area contributed by atoms with E-state index in [1.165, 1.54) is 19.4 Å². The molecule has 15 heavy (non-hydrogen) atoms. The Morgan fingerprint density at radius 2 is 2.20 bits per heavy atom. The minimum Gasteiger partial charge on any atom is -0.313 e. The lowest BCUT2D eigenvalue weighted by Gasteiger charge is -2.34. The predicted molar refractivity (Wildman–Crippen MR) is 57.9 cm³/mol. The minimum absolute atomic E-state index is 0.0476. The van der Waals surface area contributed by atoms with Gasteiger partial charge in [-0.2, -0.15) is 0 Å². The van der Waals surface area contributed by atoms with Crippen LogP contribution >= 0.6 is 0 Å². The van der Waals surface area contributed by atoms with Crippen molar-refractivity contribution in [3.63, 3.8) is 0 Å². The maximum atomic E-state index is 11.5. The molecule has 0 bridgehead atoms. The number of H-pyrrole nitrogens is 1. The molecule has 0 amide bonds. The van der Waals surface area contributed by atoms with E-state index in [9.17, 15) is 4.79 Å². The molecular weight excluding hydrogens is 190 g/mol. The molecule has 1 aromatic heterocycles. The summed E-state index contributed by atoms with van der Waals surface area (Å²) < 4.78 is 1.87. The standard InChI is InChI=1S/C11H17N3O/c15-11-12-4-7-14(11)10-3-6-13-5-1-2-9(13)8-10/h4,7,9-10H,1-3,5-6,8H2,(H,12,15). The Bertz CT molecular complexity index is 395. The number of nitrogens with zero attached hydrogens (tertiary/aromatic N) is 2. The van der Waals surface area contributed by atoms with E-state index in [1.54, 1.807) is 6.20 Å². The van der Waals surface area contributed by atoms with Crippen molar-refractivity contribution in [3.8, 4) is 0 Å². The van der Waals surface area contributed by atoms with E-state index in [4.69, 9.17) is 0 Å². The van der Waals surface area contributed by atoms with Crippen LogP contribution < -0.4 is 5.69 Å². The Hall–Kier alpha value is -1.03. The Labute approximate surface area is 88.9 Å². The Morgan fingerprint density at radius 3 is 3.00 bits per heavy atom. The molecule has 0 radical (unpaired) electrons. The first kappa shape index (κ1) is 9.21. The van der Waals surface area contributed by atoms with Gasteiger partial charge in [0.15, 0.2) is 0 Å². The molecule has 1 aromatic rings. The molecule has 2 fully saturated rings. The highest BCUT2D eigenvalue weighted by Gasteiger charge is 2.32. The molecule has 2 saturated heterocycles. The largest absolute Gasteiger partial charge is 0.325 e. The van der Waals surface area contributed by atoms with E-state index in [0.29, 0.717) is 6.04 Å². The number of aromatic amines is 1. The maximum absolute atomic E-state index is 11.5. The zero-order valence-electron chi connectivity index (χ0n) is 8.85. The second-order valence-corrected chi connectivity index (χ2v) is 4.68.